The minimum atomic E-state index is -4.79. The number of benzene rings is 3. The number of carbonyl (C=O) groups excluding carboxylic acids is 2. The Morgan fingerprint density at radius 2 is 1.80 bits per heavy atom. The topological polar surface area (TPSA) is 49.4 Å². The molecule has 8 heteroatoms. The van der Waals surface area contributed by atoms with Crippen molar-refractivity contribution in [3.05, 3.63) is 99.4 Å². The second-order valence-electron chi connectivity index (χ2n) is 8.78. The molecule has 0 spiro atoms. The Morgan fingerprint density at radius 1 is 1.03 bits per heavy atom. The smallest absolute Gasteiger partial charge is 0.334 e. The molecule has 0 aromatic heterocycles. The second-order valence-corrected chi connectivity index (χ2v) is 8.78. The first kappa shape index (κ1) is 24.4. The quantitative estimate of drug-likeness (QED) is 0.473. The molecule has 0 radical (unpaired) electrons. The van der Waals surface area contributed by atoms with Gasteiger partial charge in [-0.25, -0.2) is 4.39 Å². The number of hydrogen-bond donors (Lipinski definition) is 1. The van der Waals surface area contributed by atoms with Crippen LogP contribution in [0.15, 0.2) is 54.6 Å². The van der Waals surface area contributed by atoms with Crippen LogP contribution in [0.2, 0.25) is 0 Å². The predicted octanol–water partition coefficient (Wildman–Crippen LogP) is 5.84. The average Bonchev–Trinajstić information content (AvgIpc) is 2.79. The standard InChI is InChI=1S/C27H24F4N2O2/c1-16-4-3-5-19(12-16)26(35)33-11-10-21-20(15-33)8-6-17(2)25(21)32-24(34)14-18-7-9-22(23(28)13-18)27(29,30)31/h3-9,12-13H,10-11,14-15H2,1-2H3,(H,32,34). The highest BCUT2D eigenvalue weighted by atomic mass is 19.4. The molecule has 3 aromatic carbocycles. The summed E-state index contributed by atoms with van der Waals surface area (Å²) >= 11 is 0. The summed E-state index contributed by atoms with van der Waals surface area (Å²) in [6.45, 7) is 4.66. The fraction of sp³-hybridized carbons (Fsp3) is 0.259. The van der Waals surface area contributed by atoms with Gasteiger partial charge in [-0.1, -0.05) is 35.9 Å². The zero-order chi connectivity index (χ0) is 25.3. The number of amides is 2. The lowest BCUT2D eigenvalue weighted by atomic mass is 9.94. The number of hydrogen-bond acceptors (Lipinski definition) is 2. The van der Waals surface area contributed by atoms with Gasteiger partial charge in [-0.3, -0.25) is 9.59 Å². The number of rotatable bonds is 4. The van der Waals surface area contributed by atoms with Crippen LogP contribution >= 0.6 is 0 Å². The fourth-order valence-corrected chi connectivity index (χ4v) is 4.35. The van der Waals surface area contributed by atoms with E-state index in [2.05, 4.69) is 5.32 Å². The molecule has 1 N–H and O–H groups in total. The van der Waals surface area contributed by atoms with E-state index >= 15 is 0 Å². The van der Waals surface area contributed by atoms with Gasteiger partial charge in [0.25, 0.3) is 5.91 Å². The Bertz CT molecular complexity index is 1300. The molecule has 182 valence electrons. The van der Waals surface area contributed by atoms with E-state index in [4.69, 9.17) is 0 Å². The molecule has 2 amide bonds. The van der Waals surface area contributed by atoms with Crippen LogP contribution in [0.5, 0.6) is 0 Å². The van der Waals surface area contributed by atoms with Gasteiger partial charge in [0.15, 0.2) is 0 Å². The Morgan fingerprint density at radius 3 is 2.49 bits per heavy atom. The zero-order valence-corrected chi connectivity index (χ0v) is 19.3. The minimum Gasteiger partial charge on any atom is -0.334 e. The largest absolute Gasteiger partial charge is 0.419 e. The predicted molar refractivity (Wildman–Crippen MR) is 125 cm³/mol. The van der Waals surface area contributed by atoms with E-state index in [0.29, 0.717) is 36.8 Å². The molecule has 3 aromatic rings. The van der Waals surface area contributed by atoms with Gasteiger partial charge in [-0.2, -0.15) is 13.2 Å². The maximum Gasteiger partial charge on any atom is 0.419 e. The van der Waals surface area contributed by atoms with Crippen LogP contribution in [-0.2, 0) is 30.4 Å². The fourth-order valence-electron chi connectivity index (χ4n) is 4.35. The number of fused-ring (bicyclic) bond motifs is 1. The SMILES string of the molecule is Cc1cccc(C(=O)N2CCc3c(ccc(C)c3NC(=O)Cc3ccc(C(F)(F)F)c(F)c3)C2)c1. The molecule has 4 rings (SSSR count). The summed E-state index contributed by atoms with van der Waals surface area (Å²) in [5, 5.41) is 2.85. The molecule has 0 fully saturated rings. The van der Waals surface area contributed by atoms with E-state index in [9.17, 15) is 27.2 Å². The lowest BCUT2D eigenvalue weighted by Gasteiger charge is -2.31. The highest BCUT2D eigenvalue weighted by Gasteiger charge is 2.34. The van der Waals surface area contributed by atoms with E-state index in [0.717, 1.165) is 34.4 Å². The van der Waals surface area contributed by atoms with E-state index in [-0.39, 0.29) is 17.9 Å². The molecule has 1 aliphatic rings. The third-order valence-electron chi connectivity index (χ3n) is 6.13. The van der Waals surface area contributed by atoms with E-state index in [1.54, 1.807) is 11.0 Å². The van der Waals surface area contributed by atoms with Crippen molar-refractivity contribution >= 4 is 17.5 Å². The highest BCUT2D eigenvalue weighted by Crippen LogP contribution is 2.32. The summed E-state index contributed by atoms with van der Waals surface area (Å²) in [7, 11) is 0. The van der Waals surface area contributed by atoms with Crippen molar-refractivity contribution in [2.45, 2.75) is 39.4 Å². The number of carbonyl (C=O) groups is 2. The highest BCUT2D eigenvalue weighted by molar-refractivity contribution is 5.95. The summed E-state index contributed by atoms with van der Waals surface area (Å²) in [5.74, 6) is -1.93. The van der Waals surface area contributed by atoms with Gasteiger partial charge in [0, 0.05) is 24.3 Å². The average molecular weight is 484 g/mol. The molecular weight excluding hydrogens is 460 g/mol. The van der Waals surface area contributed by atoms with Gasteiger partial charge in [0.1, 0.15) is 5.82 Å². The summed E-state index contributed by atoms with van der Waals surface area (Å²) < 4.78 is 52.2. The third-order valence-corrected chi connectivity index (χ3v) is 6.13. The second kappa shape index (κ2) is 9.52. The zero-order valence-electron chi connectivity index (χ0n) is 19.3. The molecular formula is C27H24F4N2O2. The first-order chi connectivity index (χ1) is 16.5. The molecule has 0 saturated heterocycles. The lowest BCUT2D eigenvalue weighted by Crippen LogP contribution is -2.36. The van der Waals surface area contributed by atoms with Crippen molar-refractivity contribution in [3.8, 4) is 0 Å². The normalized spacial score (nSPS) is 13.4. The van der Waals surface area contributed by atoms with Crippen LogP contribution in [0.1, 0.15) is 43.7 Å². The number of alkyl halides is 3. The summed E-state index contributed by atoms with van der Waals surface area (Å²) in [6, 6.07) is 13.7. The van der Waals surface area contributed by atoms with E-state index in [1.807, 2.05) is 44.2 Å². The van der Waals surface area contributed by atoms with Crippen molar-refractivity contribution in [1.82, 2.24) is 4.90 Å². The van der Waals surface area contributed by atoms with Crippen molar-refractivity contribution in [2.75, 3.05) is 11.9 Å². The molecule has 4 nitrogen and oxygen atoms in total. The van der Waals surface area contributed by atoms with Crippen LogP contribution in [0.4, 0.5) is 23.2 Å². The number of halogens is 4. The Balaban J connectivity index is 1.49. The molecule has 0 atom stereocenters. The van der Waals surface area contributed by atoms with Gasteiger partial charge in [-0.15, -0.1) is 0 Å². The molecule has 0 saturated carbocycles. The van der Waals surface area contributed by atoms with Crippen molar-refractivity contribution in [2.24, 2.45) is 0 Å². The van der Waals surface area contributed by atoms with Gasteiger partial charge in [0.2, 0.25) is 5.91 Å². The van der Waals surface area contributed by atoms with Gasteiger partial charge in [0.05, 0.1) is 12.0 Å². The molecule has 0 unspecified atom stereocenters. The van der Waals surface area contributed by atoms with Crippen molar-refractivity contribution < 1.29 is 27.2 Å². The molecule has 1 aliphatic heterocycles. The monoisotopic (exact) mass is 484 g/mol. The van der Waals surface area contributed by atoms with Crippen LogP contribution in [-0.4, -0.2) is 23.3 Å². The van der Waals surface area contributed by atoms with Crippen LogP contribution in [0, 0.1) is 19.7 Å². The third kappa shape index (κ3) is 5.37. The maximum atomic E-state index is 13.9. The Labute approximate surface area is 200 Å². The molecule has 35 heavy (non-hydrogen) atoms. The van der Waals surface area contributed by atoms with Crippen LogP contribution in [0.3, 0.4) is 0 Å². The van der Waals surface area contributed by atoms with Gasteiger partial charge in [-0.05, 0) is 66.8 Å². The first-order valence-corrected chi connectivity index (χ1v) is 11.2. The van der Waals surface area contributed by atoms with Crippen molar-refractivity contribution in [3.63, 3.8) is 0 Å². The van der Waals surface area contributed by atoms with E-state index in [1.165, 1.54) is 0 Å². The number of anilines is 1. The van der Waals surface area contributed by atoms with Crippen molar-refractivity contribution in [1.29, 1.82) is 0 Å². The molecule has 0 bridgehead atoms. The Hall–Kier alpha value is -3.68. The van der Waals surface area contributed by atoms with Crippen LogP contribution in [0.25, 0.3) is 0 Å². The first-order valence-electron chi connectivity index (χ1n) is 11.2. The number of aryl methyl sites for hydroxylation is 2. The maximum absolute atomic E-state index is 13.9. The van der Waals surface area contributed by atoms with Crippen LogP contribution < -0.4 is 5.32 Å². The number of nitrogens with one attached hydrogen (secondary N) is 1. The van der Waals surface area contributed by atoms with E-state index < -0.39 is 23.5 Å². The minimum absolute atomic E-state index is 0.0603. The lowest BCUT2D eigenvalue weighted by molar-refractivity contribution is -0.140. The molecule has 0 aliphatic carbocycles. The molecule has 1 heterocycles. The summed E-state index contributed by atoms with van der Waals surface area (Å²) in [6.07, 6.45) is -4.52. The number of nitrogens with zero attached hydrogens (tertiary/aromatic N) is 1. The van der Waals surface area contributed by atoms with Gasteiger partial charge >= 0.3 is 6.18 Å². The van der Waals surface area contributed by atoms with Gasteiger partial charge < -0.3 is 10.2 Å². The summed E-state index contributed by atoms with van der Waals surface area (Å²) in [5.41, 5.74) is 3.70. The Kier molecular flexibility index (Phi) is 6.65. The summed E-state index contributed by atoms with van der Waals surface area (Å²) in [4.78, 5) is 27.4.